The van der Waals surface area contributed by atoms with E-state index in [9.17, 15) is 22.8 Å². The minimum atomic E-state index is -5.17. The van der Waals surface area contributed by atoms with E-state index >= 15 is 0 Å². The van der Waals surface area contributed by atoms with Gasteiger partial charge in [0.2, 0.25) is 0 Å². The molecule has 3 unspecified atom stereocenters. The van der Waals surface area contributed by atoms with Crippen molar-refractivity contribution in [3.05, 3.63) is 35.9 Å². The van der Waals surface area contributed by atoms with Gasteiger partial charge in [0.25, 0.3) is 0 Å². The SMILES string of the molecule is COC(=O)C1C(OC(=O)C(F)(F)F)C2(C)CCC1(OC(OC)c1ccccc1)CC2. The zero-order valence-corrected chi connectivity index (χ0v) is 17.0. The van der Waals surface area contributed by atoms with E-state index < -0.39 is 47.4 Å². The second-order valence-electron chi connectivity index (χ2n) is 8.14. The van der Waals surface area contributed by atoms with E-state index in [1.807, 2.05) is 6.07 Å². The summed E-state index contributed by atoms with van der Waals surface area (Å²) in [5, 5.41) is 0. The molecule has 1 aromatic carbocycles. The molecule has 6 nitrogen and oxygen atoms in total. The molecule has 0 heterocycles. The molecule has 30 heavy (non-hydrogen) atoms. The number of alkyl halides is 3. The van der Waals surface area contributed by atoms with Gasteiger partial charge in [-0.2, -0.15) is 13.2 Å². The van der Waals surface area contributed by atoms with Crippen LogP contribution in [0, 0.1) is 11.3 Å². The Morgan fingerprint density at radius 3 is 2.17 bits per heavy atom. The van der Waals surface area contributed by atoms with Crippen molar-refractivity contribution in [3.8, 4) is 0 Å². The number of halogens is 3. The van der Waals surface area contributed by atoms with Crippen LogP contribution in [0.2, 0.25) is 0 Å². The van der Waals surface area contributed by atoms with E-state index in [0.29, 0.717) is 31.2 Å². The Balaban J connectivity index is 1.98. The van der Waals surface area contributed by atoms with E-state index in [-0.39, 0.29) is 0 Å². The van der Waals surface area contributed by atoms with Gasteiger partial charge in [0.1, 0.15) is 12.0 Å². The van der Waals surface area contributed by atoms with E-state index in [0.717, 1.165) is 7.11 Å². The number of carbonyl (C=O) groups excluding carboxylic acids is 2. The third-order valence-electron chi connectivity index (χ3n) is 6.34. The molecular formula is C21H25F3O6. The summed E-state index contributed by atoms with van der Waals surface area (Å²) >= 11 is 0. The molecule has 0 saturated heterocycles. The summed E-state index contributed by atoms with van der Waals surface area (Å²) in [6.07, 6.45) is -5.68. The molecule has 0 aliphatic heterocycles. The summed E-state index contributed by atoms with van der Waals surface area (Å²) in [6, 6.07) is 8.99. The normalized spacial score (nSPS) is 31.8. The van der Waals surface area contributed by atoms with Crippen LogP contribution in [0.3, 0.4) is 0 Å². The third kappa shape index (κ3) is 4.05. The molecular weight excluding hydrogens is 405 g/mol. The van der Waals surface area contributed by atoms with Crippen molar-refractivity contribution in [1.82, 2.24) is 0 Å². The number of methoxy groups -OCH3 is 2. The second-order valence-corrected chi connectivity index (χ2v) is 8.14. The highest BCUT2D eigenvalue weighted by Gasteiger charge is 2.65. The monoisotopic (exact) mass is 430 g/mol. The van der Waals surface area contributed by atoms with Crippen molar-refractivity contribution >= 4 is 11.9 Å². The predicted molar refractivity (Wildman–Crippen MR) is 98.0 cm³/mol. The van der Waals surface area contributed by atoms with Gasteiger partial charge in [-0.15, -0.1) is 0 Å². The fourth-order valence-corrected chi connectivity index (χ4v) is 4.64. The number of hydrogen-bond acceptors (Lipinski definition) is 6. The number of hydrogen-bond donors (Lipinski definition) is 0. The minimum absolute atomic E-state index is 0.399. The van der Waals surface area contributed by atoms with Gasteiger partial charge >= 0.3 is 18.1 Å². The van der Waals surface area contributed by atoms with Crippen LogP contribution in [0.15, 0.2) is 30.3 Å². The van der Waals surface area contributed by atoms with Gasteiger partial charge < -0.3 is 18.9 Å². The second kappa shape index (κ2) is 8.19. The summed E-state index contributed by atoms with van der Waals surface area (Å²) in [7, 11) is 2.59. The molecule has 4 rings (SSSR count). The molecule has 3 saturated carbocycles. The molecule has 0 aromatic heterocycles. The van der Waals surface area contributed by atoms with Crippen molar-refractivity contribution in [2.24, 2.45) is 11.3 Å². The highest BCUT2D eigenvalue weighted by molar-refractivity contribution is 5.79. The van der Waals surface area contributed by atoms with E-state index in [1.54, 1.807) is 31.2 Å². The van der Waals surface area contributed by atoms with Crippen molar-refractivity contribution in [2.75, 3.05) is 14.2 Å². The largest absolute Gasteiger partial charge is 0.490 e. The Bertz CT molecular complexity index is 771. The lowest BCUT2D eigenvalue weighted by Gasteiger charge is -2.59. The average molecular weight is 430 g/mol. The summed E-state index contributed by atoms with van der Waals surface area (Å²) in [5.41, 5.74) is -1.28. The van der Waals surface area contributed by atoms with Crippen LogP contribution in [0.4, 0.5) is 13.2 Å². The fraction of sp³-hybridized carbons (Fsp3) is 0.619. The van der Waals surface area contributed by atoms with Crippen molar-refractivity contribution in [2.45, 2.75) is 56.8 Å². The Hall–Kier alpha value is -2.13. The standard InChI is InChI=1S/C21H25F3O6/c1-19-9-11-20(12-10-19,30-17(28-3)13-7-5-4-6-8-13)14(16(25)27-2)15(19)29-18(26)21(22,23)24/h4-8,14-15,17H,9-12H2,1-3H3. The summed E-state index contributed by atoms with van der Waals surface area (Å²) in [5.74, 6) is -4.30. The maximum absolute atomic E-state index is 12.9. The zero-order chi connectivity index (χ0) is 22.2. The van der Waals surface area contributed by atoms with Gasteiger partial charge in [-0.1, -0.05) is 37.3 Å². The Kier molecular flexibility index (Phi) is 6.15. The molecule has 3 fully saturated rings. The highest BCUT2D eigenvalue weighted by Crippen LogP contribution is 2.59. The molecule has 0 spiro atoms. The number of fused-ring (bicyclic) bond motifs is 3. The molecule has 3 aliphatic rings. The minimum Gasteiger partial charge on any atom is -0.469 e. The third-order valence-corrected chi connectivity index (χ3v) is 6.34. The number of esters is 2. The number of ether oxygens (including phenoxy) is 4. The van der Waals surface area contributed by atoms with Gasteiger partial charge in [0.15, 0.2) is 6.29 Å². The van der Waals surface area contributed by atoms with Crippen LogP contribution in [0.25, 0.3) is 0 Å². The first-order valence-electron chi connectivity index (χ1n) is 9.67. The van der Waals surface area contributed by atoms with Gasteiger partial charge in [-0.3, -0.25) is 4.79 Å². The smallest absolute Gasteiger partial charge is 0.469 e. The molecule has 9 heteroatoms. The molecule has 0 amide bonds. The van der Waals surface area contributed by atoms with Crippen LogP contribution >= 0.6 is 0 Å². The Labute approximate surface area is 172 Å². The molecule has 0 radical (unpaired) electrons. The van der Waals surface area contributed by atoms with Crippen LogP contribution in [0.5, 0.6) is 0 Å². The maximum atomic E-state index is 12.9. The van der Waals surface area contributed by atoms with Gasteiger partial charge in [-0.25, -0.2) is 4.79 Å². The first kappa shape index (κ1) is 22.6. The van der Waals surface area contributed by atoms with Crippen molar-refractivity contribution in [3.63, 3.8) is 0 Å². The van der Waals surface area contributed by atoms with Crippen molar-refractivity contribution in [1.29, 1.82) is 0 Å². The van der Waals surface area contributed by atoms with Gasteiger partial charge in [0, 0.05) is 18.1 Å². The molecule has 3 atom stereocenters. The quantitative estimate of drug-likeness (QED) is 0.503. The number of rotatable bonds is 6. The molecule has 1 aromatic rings. The van der Waals surface area contributed by atoms with Crippen molar-refractivity contribution < 1.29 is 41.7 Å². The van der Waals surface area contributed by atoms with Crippen LogP contribution in [-0.4, -0.2) is 44.0 Å². The lowest BCUT2D eigenvalue weighted by molar-refractivity contribution is -0.291. The first-order chi connectivity index (χ1) is 14.1. The lowest BCUT2D eigenvalue weighted by atomic mass is 9.53. The number of carbonyl (C=O) groups is 2. The average Bonchev–Trinajstić information content (AvgIpc) is 2.72. The van der Waals surface area contributed by atoms with Crippen LogP contribution in [0.1, 0.15) is 44.5 Å². The Morgan fingerprint density at radius 1 is 1.07 bits per heavy atom. The zero-order valence-electron chi connectivity index (χ0n) is 17.0. The predicted octanol–water partition coefficient (Wildman–Crippen LogP) is 3.94. The van der Waals surface area contributed by atoms with E-state index in [1.165, 1.54) is 7.11 Å². The van der Waals surface area contributed by atoms with E-state index in [4.69, 9.17) is 18.9 Å². The summed E-state index contributed by atoms with van der Waals surface area (Å²) < 4.78 is 60.3. The van der Waals surface area contributed by atoms with Gasteiger partial charge in [0.05, 0.1) is 12.7 Å². The van der Waals surface area contributed by atoms with E-state index in [2.05, 4.69) is 0 Å². The molecule has 3 aliphatic carbocycles. The molecule has 0 N–H and O–H groups in total. The van der Waals surface area contributed by atoms with Crippen LogP contribution in [-0.2, 0) is 28.5 Å². The fourth-order valence-electron chi connectivity index (χ4n) is 4.64. The molecule has 2 bridgehead atoms. The van der Waals surface area contributed by atoms with Crippen LogP contribution < -0.4 is 0 Å². The highest BCUT2D eigenvalue weighted by atomic mass is 19.4. The topological polar surface area (TPSA) is 71.1 Å². The summed E-state index contributed by atoms with van der Waals surface area (Å²) in [4.78, 5) is 24.4. The number of benzene rings is 1. The first-order valence-corrected chi connectivity index (χ1v) is 9.67. The Morgan fingerprint density at radius 2 is 1.67 bits per heavy atom. The van der Waals surface area contributed by atoms with Gasteiger partial charge in [-0.05, 0) is 25.7 Å². The molecule has 166 valence electrons. The maximum Gasteiger partial charge on any atom is 0.490 e. The summed E-state index contributed by atoms with van der Waals surface area (Å²) in [6.45, 7) is 1.73. The lowest BCUT2D eigenvalue weighted by Crippen LogP contribution is -2.65.